The summed E-state index contributed by atoms with van der Waals surface area (Å²) in [7, 11) is -3.49. The first-order valence-electron chi connectivity index (χ1n) is 5.93. The summed E-state index contributed by atoms with van der Waals surface area (Å²) in [6.07, 6.45) is 0. The van der Waals surface area contributed by atoms with Crippen molar-refractivity contribution in [3.05, 3.63) is 28.7 Å². The molecular weight excluding hydrogens is 332 g/mol. The van der Waals surface area contributed by atoms with Crippen LogP contribution >= 0.6 is 15.9 Å². The van der Waals surface area contributed by atoms with E-state index in [0.29, 0.717) is 30.7 Å². The molecule has 1 heterocycles. The van der Waals surface area contributed by atoms with E-state index in [4.69, 9.17) is 0 Å². The summed E-state index contributed by atoms with van der Waals surface area (Å²) in [4.78, 5) is 13.2. The molecule has 0 unspecified atom stereocenters. The molecule has 104 valence electrons. The molecule has 0 bridgehead atoms. The Balaban J connectivity index is 2.19. The molecule has 5 nitrogen and oxygen atoms in total. The van der Waals surface area contributed by atoms with Gasteiger partial charge >= 0.3 is 0 Å². The lowest BCUT2D eigenvalue weighted by Crippen LogP contribution is -2.49. The van der Waals surface area contributed by atoms with E-state index in [1.165, 1.54) is 11.2 Å². The number of rotatable bonds is 2. The summed E-state index contributed by atoms with van der Waals surface area (Å²) in [5.74, 6) is -0.0158. The molecule has 0 aromatic heterocycles. The molecule has 0 aliphatic carbocycles. The number of piperazine rings is 1. The van der Waals surface area contributed by atoms with Gasteiger partial charge in [0.15, 0.2) is 0 Å². The summed E-state index contributed by atoms with van der Waals surface area (Å²) < 4.78 is 26.9. The summed E-state index contributed by atoms with van der Waals surface area (Å²) in [5, 5.41) is 0. The van der Waals surface area contributed by atoms with Gasteiger partial charge in [-0.15, -0.1) is 0 Å². The molecule has 1 amide bonds. The second kappa shape index (κ2) is 5.60. The second-order valence-corrected chi connectivity index (χ2v) is 7.10. The van der Waals surface area contributed by atoms with Crippen LogP contribution in [-0.2, 0) is 14.8 Å². The van der Waals surface area contributed by atoms with Crippen molar-refractivity contribution in [2.45, 2.75) is 11.8 Å². The molecule has 1 saturated heterocycles. The number of amides is 1. The average Bonchev–Trinajstić information content (AvgIpc) is 2.39. The minimum Gasteiger partial charge on any atom is -0.340 e. The van der Waals surface area contributed by atoms with Crippen LogP contribution in [0.25, 0.3) is 0 Å². The van der Waals surface area contributed by atoms with Crippen LogP contribution in [0.1, 0.15) is 6.92 Å². The van der Waals surface area contributed by atoms with Gasteiger partial charge < -0.3 is 4.90 Å². The Kier molecular flexibility index (Phi) is 4.27. The van der Waals surface area contributed by atoms with E-state index < -0.39 is 10.0 Å². The summed E-state index contributed by atoms with van der Waals surface area (Å²) in [5.41, 5.74) is 0. The molecule has 0 N–H and O–H groups in total. The van der Waals surface area contributed by atoms with Crippen molar-refractivity contribution < 1.29 is 13.2 Å². The maximum Gasteiger partial charge on any atom is 0.244 e. The molecule has 0 saturated carbocycles. The van der Waals surface area contributed by atoms with Crippen molar-refractivity contribution in [2.24, 2.45) is 0 Å². The van der Waals surface area contributed by atoms with Gasteiger partial charge in [0.25, 0.3) is 0 Å². The first-order valence-corrected chi connectivity index (χ1v) is 8.16. The maximum absolute atomic E-state index is 12.5. The highest BCUT2D eigenvalue weighted by molar-refractivity contribution is 9.10. The van der Waals surface area contributed by atoms with Crippen molar-refractivity contribution in [2.75, 3.05) is 26.2 Å². The van der Waals surface area contributed by atoms with Gasteiger partial charge in [-0.1, -0.05) is 12.1 Å². The number of sulfonamides is 1. The van der Waals surface area contributed by atoms with E-state index in [-0.39, 0.29) is 10.8 Å². The molecule has 0 atom stereocenters. The SMILES string of the molecule is CC(=O)N1CCN(S(=O)(=O)c2ccccc2Br)CC1. The fourth-order valence-electron chi connectivity index (χ4n) is 2.04. The predicted molar refractivity (Wildman–Crippen MR) is 75.2 cm³/mol. The first-order chi connectivity index (χ1) is 8.93. The summed E-state index contributed by atoms with van der Waals surface area (Å²) in [6.45, 7) is 3.06. The van der Waals surface area contributed by atoms with E-state index in [2.05, 4.69) is 15.9 Å². The van der Waals surface area contributed by atoms with E-state index in [1.807, 2.05) is 0 Å². The van der Waals surface area contributed by atoms with E-state index in [9.17, 15) is 13.2 Å². The standard InChI is InChI=1S/C12H15BrN2O3S/c1-10(16)14-6-8-15(9-7-14)19(17,18)12-5-3-2-4-11(12)13/h2-5H,6-9H2,1H3. The van der Waals surface area contributed by atoms with Crippen LogP contribution in [0.5, 0.6) is 0 Å². The Labute approximate surface area is 121 Å². The molecular formula is C12H15BrN2O3S. The molecule has 1 aliphatic heterocycles. The number of nitrogens with zero attached hydrogens (tertiary/aromatic N) is 2. The summed E-state index contributed by atoms with van der Waals surface area (Å²) in [6, 6.07) is 6.76. The second-order valence-electron chi connectivity index (χ2n) is 4.34. The van der Waals surface area contributed by atoms with Gasteiger partial charge in [0.1, 0.15) is 0 Å². The predicted octanol–water partition coefficient (Wildman–Crippen LogP) is 1.30. The van der Waals surface area contributed by atoms with Crippen LogP contribution in [-0.4, -0.2) is 49.7 Å². The third kappa shape index (κ3) is 2.98. The van der Waals surface area contributed by atoms with Gasteiger partial charge in [-0.3, -0.25) is 4.79 Å². The number of benzene rings is 1. The minimum atomic E-state index is -3.49. The van der Waals surface area contributed by atoms with Crippen molar-refractivity contribution in [3.8, 4) is 0 Å². The number of halogens is 1. The zero-order valence-corrected chi connectivity index (χ0v) is 12.9. The highest BCUT2D eigenvalue weighted by Gasteiger charge is 2.30. The normalized spacial score (nSPS) is 17.5. The Morgan fingerprint density at radius 3 is 2.26 bits per heavy atom. The van der Waals surface area contributed by atoms with Crippen LogP contribution in [0.15, 0.2) is 33.6 Å². The highest BCUT2D eigenvalue weighted by Crippen LogP contribution is 2.25. The monoisotopic (exact) mass is 346 g/mol. The molecule has 1 aromatic rings. The van der Waals surface area contributed by atoms with Crippen molar-refractivity contribution in [1.29, 1.82) is 0 Å². The first kappa shape index (κ1) is 14.5. The van der Waals surface area contributed by atoms with Crippen LogP contribution in [0.2, 0.25) is 0 Å². The van der Waals surface area contributed by atoms with E-state index in [0.717, 1.165) is 0 Å². The molecule has 0 radical (unpaired) electrons. The van der Waals surface area contributed by atoms with Gasteiger partial charge in [0.05, 0.1) is 4.90 Å². The third-order valence-electron chi connectivity index (χ3n) is 3.14. The van der Waals surface area contributed by atoms with Gasteiger partial charge in [0.2, 0.25) is 15.9 Å². The zero-order valence-electron chi connectivity index (χ0n) is 10.5. The van der Waals surface area contributed by atoms with Gasteiger partial charge in [-0.05, 0) is 28.1 Å². The van der Waals surface area contributed by atoms with E-state index >= 15 is 0 Å². The van der Waals surface area contributed by atoms with Crippen molar-refractivity contribution in [3.63, 3.8) is 0 Å². The van der Waals surface area contributed by atoms with Crippen LogP contribution < -0.4 is 0 Å². The van der Waals surface area contributed by atoms with Crippen molar-refractivity contribution in [1.82, 2.24) is 9.21 Å². The van der Waals surface area contributed by atoms with Gasteiger partial charge in [-0.2, -0.15) is 4.31 Å². The minimum absolute atomic E-state index is 0.0158. The van der Waals surface area contributed by atoms with Crippen LogP contribution in [0, 0.1) is 0 Å². The number of carbonyl (C=O) groups excluding carboxylic acids is 1. The van der Waals surface area contributed by atoms with Crippen LogP contribution in [0.4, 0.5) is 0 Å². The topological polar surface area (TPSA) is 57.7 Å². The van der Waals surface area contributed by atoms with Crippen LogP contribution in [0.3, 0.4) is 0 Å². The van der Waals surface area contributed by atoms with Gasteiger partial charge in [0, 0.05) is 37.6 Å². The number of hydrogen-bond donors (Lipinski definition) is 0. The Bertz CT molecular complexity index is 580. The van der Waals surface area contributed by atoms with E-state index in [1.54, 1.807) is 29.2 Å². The fraction of sp³-hybridized carbons (Fsp3) is 0.417. The smallest absolute Gasteiger partial charge is 0.244 e. The average molecular weight is 347 g/mol. The maximum atomic E-state index is 12.5. The summed E-state index contributed by atoms with van der Waals surface area (Å²) >= 11 is 3.26. The molecule has 7 heteroatoms. The van der Waals surface area contributed by atoms with Gasteiger partial charge in [-0.25, -0.2) is 8.42 Å². The Hall–Kier alpha value is -0.920. The Morgan fingerprint density at radius 1 is 1.16 bits per heavy atom. The quantitative estimate of drug-likeness (QED) is 0.810. The molecule has 1 aliphatic rings. The number of carbonyl (C=O) groups is 1. The Morgan fingerprint density at radius 2 is 1.74 bits per heavy atom. The molecule has 19 heavy (non-hydrogen) atoms. The fourth-order valence-corrected chi connectivity index (χ4v) is 4.42. The molecule has 1 fully saturated rings. The lowest BCUT2D eigenvalue weighted by atomic mass is 10.3. The molecule has 2 rings (SSSR count). The van der Waals surface area contributed by atoms with Crippen molar-refractivity contribution >= 4 is 31.9 Å². The largest absolute Gasteiger partial charge is 0.340 e. The third-order valence-corrected chi connectivity index (χ3v) is 6.05. The lowest BCUT2D eigenvalue weighted by Gasteiger charge is -2.33. The highest BCUT2D eigenvalue weighted by atomic mass is 79.9. The zero-order chi connectivity index (χ0) is 14.0. The molecule has 1 aromatic carbocycles. The lowest BCUT2D eigenvalue weighted by molar-refractivity contribution is -0.129. The number of hydrogen-bond acceptors (Lipinski definition) is 3. The molecule has 0 spiro atoms.